The molecule has 0 radical (unpaired) electrons. The molecule has 1 atom stereocenters. The van der Waals surface area contributed by atoms with Crippen LogP contribution in [0.4, 0.5) is 13.2 Å². The summed E-state index contributed by atoms with van der Waals surface area (Å²) in [5.74, 6) is -1.25. The fourth-order valence-electron chi connectivity index (χ4n) is 4.05. The number of amides is 2. The van der Waals surface area contributed by atoms with Gasteiger partial charge in [-0.1, -0.05) is 12.1 Å². The molecule has 166 valence electrons. The number of methoxy groups -OCH3 is 1. The van der Waals surface area contributed by atoms with Crippen LogP contribution in [0.3, 0.4) is 0 Å². The highest BCUT2D eigenvalue weighted by molar-refractivity contribution is 5.97. The van der Waals surface area contributed by atoms with Crippen molar-refractivity contribution in [2.75, 3.05) is 40.0 Å². The number of nitrogens with zero attached hydrogens (tertiary/aromatic N) is 2. The van der Waals surface area contributed by atoms with Crippen molar-refractivity contribution in [3.05, 3.63) is 29.8 Å². The van der Waals surface area contributed by atoms with Gasteiger partial charge in [-0.3, -0.25) is 9.59 Å². The van der Waals surface area contributed by atoms with Gasteiger partial charge in [0.25, 0.3) is 5.91 Å². The zero-order valence-corrected chi connectivity index (χ0v) is 16.7. The van der Waals surface area contributed by atoms with Crippen LogP contribution in [-0.4, -0.2) is 80.1 Å². The van der Waals surface area contributed by atoms with Gasteiger partial charge in [0, 0.05) is 39.5 Å². The maximum absolute atomic E-state index is 12.9. The lowest BCUT2D eigenvalue weighted by Crippen LogP contribution is -2.51. The maximum atomic E-state index is 12.9. The van der Waals surface area contributed by atoms with Gasteiger partial charge in [0.1, 0.15) is 12.4 Å². The molecule has 0 saturated carbocycles. The van der Waals surface area contributed by atoms with Crippen LogP contribution in [0.1, 0.15) is 29.6 Å². The van der Waals surface area contributed by atoms with E-state index >= 15 is 0 Å². The van der Waals surface area contributed by atoms with Crippen LogP contribution in [0.15, 0.2) is 24.3 Å². The molecule has 2 aliphatic rings. The number of hydrogen-bond acceptors (Lipinski definition) is 5. The number of carbonyl (C=O) groups excluding carboxylic acids is 2. The fraction of sp³-hybridized carbons (Fsp3) is 0.600. The smallest absolute Gasteiger partial charge is 0.405 e. The number of hydrogen-bond donors (Lipinski definition) is 0. The molecule has 2 saturated heterocycles. The van der Waals surface area contributed by atoms with Crippen molar-refractivity contribution in [3.63, 3.8) is 0 Å². The highest BCUT2D eigenvalue weighted by Gasteiger charge is 2.39. The van der Waals surface area contributed by atoms with Gasteiger partial charge in [0.2, 0.25) is 5.91 Å². The van der Waals surface area contributed by atoms with Gasteiger partial charge in [-0.15, -0.1) is 13.2 Å². The van der Waals surface area contributed by atoms with E-state index in [1.54, 1.807) is 4.90 Å². The predicted molar refractivity (Wildman–Crippen MR) is 100.0 cm³/mol. The fourth-order valence-corrected chi connectivity index (χ4v) is 4.05. The van der Waals surface area contributed by atoms with E-state index in [2.05, 4.69) is 4.74 Å². The van der Waals surface area contributed by atoms with E-state index in [4.69, 9.17) is 9.47 Å². The van der Waals surface area contributed by atoms with E-state index < -0.39 is 18.0 Å². The molecule has 3 rings (SSSR count). The number of para-hydroxylation sites is 1. The topological polar surface area (TPSA) is 68.3 Å². The average Bonchev–Trinajstić information content (AvgIpc) is 3.17. The van der Waals surface area contributed by atoms with Gasteiger partial charge in [-0.2, -0.15) is 0 Å². The highest BCUT2D eigenvalue weighted by Crippen LogP contribution is 2.29. The third-order valence-corrected chi connectivity index (χ3v) is 5.33. The summed E-state index contributed by atoms with van der Waals surface area (Å²) in [6.45, 7) is 1.62. The first-order valence-corrected chi connectivity index (χ1v) is 9.82. The van der Waals surface area contributed by atoms with Gasteiger partial charge in [0.15, 0.2) is 0 Å². The van der Waals surface area contributed by atoms with Crippen molar-refractivity contribution >= 4 is 11.8 Å². The van der Waals surface area contributed by atoms with Crippen molar-refractivity contribution in [1.29, 1.82) is 0 Å². The van der Waals surface area contributed by atoms with Gasteiger partial charge in [-0.25, -0.2) is 0 Å². The van der Waals surface area contributed by atoms with Crippen LogP contribution in [-0.2, 0) is 14.3 Å². The zero-order valence-electron chi connectivity index (χ0n) is 16.7. The Hall–Kier alpha value is -2.33. The van der Waals surface area contributed by atoms with Crippen molar-refractivity contribution in [3.8, 4) is 5.75 Å². The van der Waals surface area contributed by atoms with Crippen LogP contribution < -0.4 is 4.74 Å². The molecular weight excluding hydrogens is 405 g/mol. The summed E-state index contributed by atoms with van der Waals surface area (Å²) in [6, 6.07) is 5.05. The van der Waals surface area contributed by atoms with Crippen molar-refractivity contribution < 1.29 is 37.0 Å². The largest absolute Gasteiger partial charge is 0.573 e. The van der Waals surface area contributed by atoms with Crippen LogP contribution in [0.2, 0.25) is 0 Å². The lowest BCUT2D eigenvalue weighted by molar-refractivity contribution is -0.274. The summed E-state index contributed by atoms with van der Waals surface area (Å²) in [6.07, 6.45) is -2.96. The second-order valence-electron chi connectivity index (χ2n) is 7.32. The molecule has 0 aromatic heterocycles. The molecule has 30 heavy (non-hydrogen) atoms. The Labute approximate surface area is 172 Å². The molecule has 1 aromatic rings. The van der Waals surface area contributed by atoms with E-state index in [0.29, 0.717) is 39.0 Å². The number of halogens is 3. The van der Waals surface area contributed by atoms with E-state index in [0.717, 1.165) is 6.07 Å². The second-order valence-corrected chi connectivity index (χ2v) is 7.32. The molecule has 7 nitrogen and oxygen atoms in total. The maximum Gasteiger partial charge on any atom is 0.573 e. The molecule has 0 N–H and O–H groups in total. The SMILES string of the molecule is COCC(=O)N(C1CCOCC1)C1CCN(C(=O)c2ccccc2OC(F)(F)F)C1. The summed E-state index contributed by atoms with van der Waals surface area (Å²) < 4.78 is 52.5. The average molecular weight is 430 g/mol. The van der Waals surface area contributed by atoms with Crippen LogP contribution in [0.25, 0.3) is 0 Å². The molecule has 1 aromatic carbocycles. The molecule has 2 aliphatic heterocycles. The first-order valence-electron chi connectivity index (χ1n) is 9.82. The minimum atomic E-state index is -4.89. The number of carbonyl (C=O) groups is 2. The molecule has 10 heteroatoms. The predicted octanol–water partition coefficient (Wildman–Crippen LogP) is 2.45. The van der Waals surface area contributed by atoms with Crippen molar-refractivity contribution in [2.45, 2.75) is 37.7 Å². The monoisotopic (exact) mass is 430 g/mol. The van der Waals surface area contributed by atoms with Gasteiger partial charge in [0.05, 0.1) is 11.6 Å². The summed E-state index contributed by atoms with van der Waals surface area (Å²) in [4.78, 5) is 28.9. The lowest BCUT2D eigenvalue weighted by Gasteiger charge is -2.38. The Morgan fingerprint density at radius 2 is 1.87 bits per heavy atom. The molecule has 2 heterocycles. The Kier molecular flexibility index (Phi) is 7.19. The number of likely N-dealkylation sites (tertiary alicyclic amines) is 1. The van der Waals surface area contributed by atoms with Crippen molar-refractivity contribution in [1.82, 2.24) is 9.80 Å². The van der Waals surface area contributed by atoms with Crippen LogP contribution in [0, 0.1) is 0 Å². The van der Waals surface area contributed by atoms with E-state index in [9.17, 15) is 22.8 Å². The minimum absolute atomic E-state index is 0.0118. The molecule has 2 amide bonds. The Morgan fingerprint density at radius 3 is 2.53 bits per heavy atom. The summed E-state index contributed by atoms with van der Waals surface area (Å²) in [5, 5.41) is 0. The van der Waals surface area contributed by atoms with Crippen LogP contribution >= 0.6 is 0 Å². The third kappa shape index (κ3) is 5.42. The Balaban J connectivity index is 1.74. The first kappa shape index (κ1) is 22.4. The first-order chi connectivity index (χ1) is 14.3. The Morgan fingerprint density at radius 1 is 1.17 bits per heavy atom. The van der Waals surface area contributed by atoms with Gasteiger partial charge >= 0.3 is 6.36 Å². The van der Waals surface area contributed by atoms with Gasteiger partial charge < -0.3 is 24.0 Å². The zero-order chi connectivity index (χ0) is 21.7. The summed E-state index contributed by atoms with van der Waals surface area (Å²) in [7, 11) is 1.45. The van der Waals surface area contributed by atoms with E-state index in [-0.39, 0.29) is 36.7 Å². The summed E-state index contributed by atoms with van der Waals surface area (Å²) in [5.41, 5.74) is -0.156. The highest BCUT2D eigenvalue weighted by atomic mass is 19.4. The second kappa shape index (κ2) is 9.65. The van der Waals surface area contributed by atoms with E-state index in [1.165, 1.54) is 30.2 Å². The number of rotatable bonds is 6. The third-order valence-electron chi connectivity index (χ3n) is 5.33. The lowest BCUT2D eigenvalue weighted by atomic mass is 10.0. The molecular formula is C20H25F3N2O5. The number of alkyl halides is 3. The molecule has 1 unspecified atom stereocenters. The normalized spacial score (nSPS) is 20.3. The Bertz CT molecular complexity index is 752. The quantitative estimate of drug-likeness (QED) is 0.694. The number of benzene rings is 1. The van der Waals surface area contributed by atoms with E-state index in [1.807, 2.05) is 0 Å². The molecule has 2 fully saturated rings. The number of ether oxygens (including phenoxy) is 3. The standard InChI is InChI=1S/C20H25F3N2O5/c1-28-13-18(26)25(14-7-10-29-11-8-14)15-6-9-24(12-15)19(27)16-4-2-3-5-17(16)30-20(21,22)23/h2-5,14-15H,6-13H2,1H3. The van der Waals surface area contributed by atoms with Crippen molar-refractivity contribution in [2.24, 2.45) is 0 Å². The minimum Gasteiger partial charge on any atom is -0.405 e. The van der Waals surface area contributed by atoms with Gasteiger partial charge in [-0.05, 0) is 31.4 Å². The molecule has 0 spiro atoms. The molecule has 0 bridgehead atoms. The van der Waals surface area contributed by atoms with Crippen LogP contribution in [0.5, 0.6) is 5.75 Å². The molecule has 0 aliphatic carbocycles. The summed E-state index contributed by atoms with van der Waals surface area (Å²) >= 11 is 0.